The summed E-state index contributed by atoms with van der Waals surface area (Å²) >= 11 is 0. The molecule has 1 saturated heterocycles. The van der Waals surface area contributed by atoms with Crippen LogP contribution in [0, 0.1) is 0 Å². The van der Waals surface area contributed by atoms with Crippen LogP contribution in [0.3, 0.4) is 0 Å². The van der Waals surface area contributed by atoms with E-state index in [0.717, 1.165) is 6.54 Å². The monoisotopic (exact) mass is 282 g/mol. The quantitative estimate of drug-likeness (QED) is 0.786. The van der Waals surface area contributed by atoms with Gasteiger partial charge in [0.15, 0.2) is 0 Å². The molecular formula is C16H30N2O2. The lowest BCUT2D eigenvalue weighted by Gasteiger charge is -2.49. The normalized spacial score (nSPS) is 25.2. The summed E-state index contributed by atoms with van der Waals surface area (Å²) in [6, 6.07) is -0.390. The van der Waals surface area contributed by atoms with E-state index in [1.807, 2.05) is 6.92 Å². The van der Waals surface area contributed by atoms with Crippen molar-refractivity contribution < 1.29 is 9.90 Å². The Balaban J connectivity index is 2.00. The zero-order chi connectivity index (χ0) is 14.4. The summed E-state index contributed by atoms with van der Waals surface area (Å²) < 4.78 is 0. The highest BCUT2D eigenvalue weighted by Gasteiger charge is 2.38. The number of hydrogen-bond acceptors (Lipinski definition) is 3. The average Bonchev–Trinajstić information content (AvgIpc) is 2.49. The summed E-state index contributed by atoms with van der Waals surface area (Å²) in [5.74, 6) is -0.711. The minimum atomic E-state index is -0.711. The third-order valence-electron chi connectivity index (χ3n) is 5.20. The van der Waals surface area contributed by atoms with Gasteiger partial charge in [-0.25, -0.2) is 0 Å². The highest BCUT2D eigenvalue weighted by molar-refractivity contribution is 5.73. The first-order valence-electron chi connectivity index (χ1n) is 8.39. The highest BCUT2D eigenvalue weighted by atomic mass is 16.4. The van der Waals surface area contributed by atoms with Gasteiger partial charge in [0, 0.05) is 12.1 Å². The molecule has 2 rings (SSSR count). The number of carbonyl (C=O) groups is 1. The third kappa shape index (κ3) is 3.73. The third-order valence-corrected chi connectivity index (χ3v) is 5.20. The number of rotatable bonds is 6. The molecule has 0 aromatic heterocycles. The number of likely N-dealkylation sites (tertiary alicyclic amines) is 1. The van der Waals surface area contributed by atoms with Crippen LogP contribution >= 0.6 is 0 Å². The lowest BCUT2D eigenvalue weighted by Crippen LogP contribution is -2.59. The molecule has 20 heavy (non-hydrogen) atoms. The Labute approximate surface area is 122 Å². The van der Waals surface area contributed by atoms with Gasteiger partial charge in [0.1, 0.15) is 6.04 Å². The predicted octanol–water partition coefficient (Wildman–Crippen LogP) is 2.63. The molecule has 2 fully saturated rings. The molecule has 0 amide bonds. The van der Waals surface area contributed by atoms with Gasteiger partial charge in [-0.2, -0.15) is 0 Å². The topological polar surface area (TPSA) is 52.6 Å². The predicted molar refractivity (Wildman–Crippen MR) is 81.0 cm³/mol. The van der Waals surface area contributed by atoms with Crippen LogP contribution < -0.4 is 5.32 Å². The van der Waals surface area contributed by atoms with Crippen LogP contribution in [0.5, 0.6) is 0 Å². The Morgan fingerprint density at radius 1 is 1.15 bits per heavy atom. The molecule has 2 aliphatic rings. The van der Waals surface area contributed by atoms with E-state index in [9.17, 15) is 9.90 Å². The first kappa shape index (κ1) is 15.8. The number of carboxylic acids is 1. The van der Waals surface area contributed by atoms with Gasteiger partial charge in [-0.1, -0.05) is 32.6 Å². The number of piperidine rings is 1. The lowest BCUT2D eigenvalue weighted by molar-refractivity contribution is -0.139. The molecular weight excluding hydrogens is 252 g/mol. The SMILES string of the molecule is CCC(NCC1(N2CCCCC2)CCCCC1)C(=O)O. The van der Waals surface area contributed by atoms with E-state index in [-0.39, 0.29) is 5.54 Å². The standard InChI is InChI=1S/C16H30N2O2/c1-2-14(15(19)20)17-13-16(9-5-3-6-10-16)18-11-7-4-8-12-18/h14,17H,2-13H2,1H3,(H,19,20). The molecule has 0 bridgehead atoms. The Bertz CT molecular complexity index is 308. The summed E-state index contributed by atoms with van der Waals surface area (Å²) in [6.07, 6.45) is 11.0. The van der Waals surface area contributed by atoms with Gasteiger partial charge >= 0.3 is 5.97 Å². The van der Waals surface area contributed by atoms with E-state index in [0.29, 0.717) is 6.42 Å². The molecule has 116 valence electrons. The van der Waals surface area contributed by atoms with E-state index in [1.165, 1.54) is 64.5 Å². The van der Waals surface area contributed by atoms with Crippen LogP contribution in [0.25, 0.3) is 0 Å². The first-order chi connectivity index (χ1) is 9.68. The maximum Gasteiger partial charge on any atom is 0.320 e. The van der Waals surface area contributed by atoms with Crippen LogP contribution in [0.4, 0.5) is 0 Å². The van der Waals surface area contributed by atoms with Crippen molar-refractivity contribution in [1.29, 1.82) is 0 Å². The maximum atomic E-state index is 11.2. The molecule has 1 heterocycles. The summed E-state index contributed by atoms with van der Waals surface area (Å²) in [5.41, 5.74) is 0.224. The summed E-state index contributed by atoms with van der Waals surface area (Å²) in [4.78, 5) is 13.9. The number of aliphatic carboxylic acids is 1. The second-order valence-corrected chi connectivity index (χ2v) is 6.51. The molecule has 4 nitrogen and oxygen atoms in total. The number of nitrogens with one attached hydrogen (secondary N) is 1. The number of nitrogens with zero attached hydrogens (tertiary/aromatic N) is 1. The maximum absolute atomic E-state index is 11.2. The van der Waals surface area contributed by atoms with Gasteiger partial charge in [-0.05, 0) is 45.2 Å². The van der Waals surface area contributed by atoms with Crippen LogP contribution in [-0.2, 0) is 4.79 Å². The summed E-state index contributed by atoms with van der Waals surface area (Å²) in [5, 5.41) is 12.6. The molecule has 0 spiro atoms. The van der Waals surface area contributed by atoms with Gasteiger partial charge in [-0.15, -0.1) is 0 Å². The van der Waals surface area contributed by atoms with Gasteiger partial charge < -0.3 is 10.4 Å². The van der Waals surface area contributed by atoms with Crippen LogP contribution in [-0.4, -0.2) is 47.2 Å². The minimum Gasteiger partial charge on any atom is -0.480 e. The lowest BCUT2D eigenvalue weighted by atomic mass is 9.79. The highest BCUT2D eigenvalue weighted by Crippen LogP contribution is 2.35. The average molecular weight is 282 g/mol. The zero-order valence-electron chi connectivity index (χ0n) is 12.9. The van der Waals surface area contributed by atoms with Gasteiger partial charge in [-0.3, -0.25) is 9.69 Å². The van der Waals surface area contributed by atoms with Crippen LogP contribution in [0.1, 0.15) is 64.7 Å². The second-order valence-electron chi connectivity index (χ2n) is 6.51. The number of carboxylic acid groups (broad SMARTS) is 1. The van der Waals surface area contributed by atoms with E-state index in [4.69, 9.17) is 0 Å². The Morgan fingerprint density at radius 2 is 1.75 bits per heavy atom. The molecule has 1 aliphatic carbocycles. The summed E-state index contributed by atoms with van der Waals surface area (Å²) in [6.45, 7) is 5.19. The molecule has 1 aliphatic heterocycles. The molecule has 2 N–H and O–H groups in total. The van der Waals surface area contributed by atoms with Crippen LogP contribution in [0.2, 0.25) is 0 Å². The summed E-state index contributed by atoms with van der Waals surface area (Å²) in [7, 11) is 0. The van der Waals surface area contributed by atoms with Gasteiger partial charge in [0.05, 0.1) is 0 Å². The fourth-order valence-electron chi connectivity index (χ4n) is 3.90. The smallest absolute Gasteiger partial charge is 0.320 e. The molecule has 0 aromatic carbocycles. The molecule has 1 atom stereocenters. The van der Waals surface area contributed by atoms with Crippen molar-refractivity contribution >= 4 is 5.97 Å². The molecule has 1 saturated carbocycles. The first-order valence-corrected chi connectivity index (χ1v) is 8.39. The molecule has 1 unspecified atom stereocenters. The van der Waals surface area contributed by atoms with Crippen molar-refractivity contribution in [3.63, 3.8) is 0 Å². The van der Waals surface area contributed by atoms with Crippen molar-refractivity contribution in [2.45, 2.75) is 76.3 Å². The fourth-order valence-corrected chi connectivity index (χ4v) is 3.90. The van der Waals surface area contributed by atoms with Crippen molar-refractivity contribution in [2.24, 2.45) is 0 Å². The Morgan fingerprint density at radius 3 is 2.30 bits per heavy atom. The van der Waals surface area contributed by atoms with Crippen molar-refractivity contribution in [3.8, 4) is 0 Å². The van der Waals surface area contributed by atoms with E-state index in [2.05, 4.69) is 10.2 Å². The van der Waals surface area contributed by atoms with E-state index < -0.39 is 12.0 Å². The Kier molecular flexibility index (Phi) is 5.85. The molecule has 0 aromatic rings. The Hall–Kier alpha value is -0.610. The van der Waals surface area contributed by atoms with Gasteiger partial charge in [0.2, 0.25) is 0 Å². The van der Waals surface area contributed by atoms with Crippen molar-refractivity contribution in [2.75, 3.05) is 19.6 Å². The van der Waals surface area contributed by atoms with E-state index >= 15 is 0 Å². The fraction of sp³-hybridized carbons (Fsp3) is 0.938. The molecule has 0 radical (unpaired) electrons. The van der Waals surface area contributed by atoms with E-state index in [1.54, 1.807) is 0 Å². The van der Waals surface area contributed by atoms with Crippen LogP contribution in [0.15, 0.2) is 0 Å². The van der Waals surface area contributed by atoms with Crippen molar-refractivity contribution in [1.82, 2.24) is 10.2 Å². The number of hydrogen-bond donors (Lipinski definition) is 2. The van der Waals surface area contributed by atoms with Crippen molar-refractivity contribution in [3.05, 3.63) is 0 Å². The second kappa shape index (κ2) is 7.41. The molecule has 4 heteroatoms. The minimum absolute atomic E-state index is 0.224. The van der Waals surface area contributed by atoms with Gasteiger partial charge in [0.25, 0.3) is 0 Å². The zero-order valence-corrected chi connectivity index (χ0v) is 12.9. The largest absolute Gasteiger partial charge is 0.480 e.